The van der Waals surface area contributed by atoms with Gasteiger partial charge in [0.1, 0.15) is 11.5 Å². The van der Waals surface area contributed by atoms with Gasteiger partial charge in [-0.3, -0.25) is 4.79 Å². The van der Waals surface area contributed by atoms with Crippen molar-refractivity contribution in [2.24, 2.45) is 5.73 Å². The molecule has 0 spiro atoms. The maximum Gasteiger partial charge on any atom is 0.274 e. The van der Waals surface area contributed by atoms with Crippen molar-refractivity contribution in [2.45, 2.75) is 57.5 Å². The van der Waals surface area contributed by atoms with Gasteiger partial charge in [0.25, 0.3) is 5.91 Å². The third kappa shape index (κ3) is 2.82. The minimum Gasteiger partial charge on any atom is -0.333 e. The lowest BCUT2D eigenvalue weighted by Gasteiger charge is -2.37. The Bertz CT molecular complexity index is 829. The quantitative estimate of drug-likeness (QED) is 0.920. The molecule has 4 rings (SSSR count). The summed E-state index contributed by atoms with van der Waals surface area (Å²) in [5.74, 6) is -0.379. The summed E-state index contributed by atoms with van der Waals surface area (Å²) in [7, 11) is 0. The predicted molar refractivity (Wildman–Crippen MR) is 97.9 cm³/mol. The number of carbonyl (C=O) groups excluding carboxylic acids is 1. The van der Waals surface area contributed by atoms with Gasteiger partial charge in [-0.25, -0.2) is 9.07 Å². The molecule has 138 valence electrons. The van der Waals surface area contributed by atoms with E-state index in [1.165, 1.54) is 6.07 Å². The van der Waals surface area contributed by atoms with E-state index in [0.717, 1.165) is 49.8 Å². The molecule has 26 heavy (non-hydrogen) atoms. The standard InChI is InChI=1S/C20H25FN4O/c1-13(22)16-9-4-5-12-24(16)20(26)19-14-7-6-11-17(14)25(23-19)18-10-3-2-8-15(18)21/h2-3,8,10,13,16H,4-7,9,11-12,22H2,1H3. The van der Waals surface area contributed by atoms with Crippen LogP contribution in [0.15, 0.2) is 24.3 Å². The third-order valence-electron chi connectivity index (χ3n) is 5.63. The SMILES string of the molecule is CC(N)C1CCCCN1C(=O)c1nn(-c2ccccc2F)c2c1CCC2. The first kappa shape index (κ1) is 17.2. The van der Waals surface area contributed by atoms with Gasteiger partial charge < -0.3 is 10.6 Å². The third-order valence-corrected chi connectivity index (χ3v) is 5.63. The molecule has 2 unspecified atom stereocenters. The number of hydrogen-bond donors (Lipinski definition) is 1. The maximum absolute atomic E-state index is 14.3. The fraction of sp³-hybridized carbons (Fsp3) is 0.500. The van der Waals surface area contributed by atoms with Gasteiger partial charge in [0.05, 0.1) is 0 Å². The molecular weight excluding hydrogens is 331 g/mol. The largest absolute Gasteiger partial charge is 0.333 e. The number of nitrogens with zero attached hydrogens (tertiary/aromatic N) is 3. The number of fused-ring (bicyclic) bond motifs is 1. The highest BCUT2D eigenvalue weighted by Crippen LogP contribution is 2.31. The molecule has 1 aromatic carbocycles. The lowest BCUT2D eigenvalue weighted by Crippen LogP contribution is -2.51. The Balaban J connectivity index is 1.75. The number of carbonyl (C=O) groups is 1. The van der Waals surface area contributed by atoms with Crippen molar-refractivity contribution in [1.82, 2.24) is 14.7 Å². The zero-order chi connectivity index (χ0) is 18.3. The Morgan fingerprint density at radius 2 is 2.08 bits per heavy atom. The normalized spacial score (nSPS) is 20.9. The van der Waals surface area contributed by atoms with Gasteiger partial charge in [0.15, 0.2) is 5.69 Å². The van der Waals surface area contributed by atoms with E-state index in [9.17, 15) is 9.18 Å². The van der Waals surface area contributed by atoms with Gasteiger partial charge in [-0.15, -0.1) is 0 Å². The minimum absolute atomic E-state index is 0.0481. The Kier molecular flexibility index (Phi) is 4.53. The zero-order valence-corrected chi connectivity index (χ0v) is 15.1. The van der Waals surface area contributed by atoms with E-state index < -0.39 is 0 Å². The molecule has 1 aliphatic carbocycles. The van der Waals surface area contributed by atoms with Crippen molar-refractivity contribution in [2.75, 3.05) is 6.54 Å². The van der Waals surface area contributed by atoms with E-state index in [1.807, 2.05) is 11.8 Å². The molecule has 1 aromatic heterocycles. The highest BCUT2D eigenvalue weighted by molar-refractivity contribution is 5.94. The van der Waals surface area contributed by atoms with Crippen molar-refractivity contribution < 1.29 is 9.18 Å². The molecule has 2 aromatic rings. The summed E-state index contributed by atoms with van der Waals surface area (Å²) < 4.78 is 15.9. The van der Waals surface area contributed by atoms with E-state index in [2.05, 4.69) is 5.10 Å². The first-order valence-electron chi connectivity index (χ1n) is 9.50. The van der Waals surface area contributed by atoms with E-state index in [1.54, 1.807) is 22.9 Å². The number of likely N-dealkylation sites (tertiary alicyclic amines) is 1. The van der Waals surface area contributed by atoms with Crippen LogP contribution < -0.4 is 5.73 Å². The number of nitrogens with two attached hydrogens (primary N) is 1. The van der Waals surface area contributed by atoms with Crippen molar-refractivity contribution in [1.29, 1.82) is 0 Å². The molecule has 2 atom stereocenters. The van der Waals surface area contributed by atoms with Gasteiger partial charge in [0.2, 0.25) is 0 Å². The molecule has 2 aliphatic rings. The summed E-state index contributed by atoms with van der Waals surface area (Å²) in [4.78, 5) is 15.2. The molecule has 0 radical (unpaired) electrons. The molecule has 1 fully saturated rings. The van der Waals surface area contributed by atoms with Crippen LogP contribution in [-0.4, -0.2) is 39.2 Å². The van der Waals surface area contributed by atoms with E-state index >= 15 is 0 Å². The Hall–Kier alpha value is -2.21. The Labute approximate surface area is 153 Å². The topological polar surface area (TPSA) is 64.2 Å². The second-order valence-corrected chi connectivity index (χ2v) is 7.41. The Morgan fingerprint density at radius 3 is 2.85 bits per heavy atom. The number of hydrogen-bond acceptors (Lipinski definition) is 3. The van der Waals surface area contributed by atoms with Crippen LogP contribution in [0, 0.1) is 5.82 Å². The van der Waals surface area contributed by atoms with E-state index in [0.29, 0.717) is 17.9 Å². The van der Waals surface area contributed by atoms with Gasteiger partial charge in [-0.1, -0.05) is 12.1 Å². The van der Waals surface area contributed by atoms with E-state index in [-0.39, 0.29) is 23.8 Å². The molecular formula is C20H25FN4O. The van der Waals surface area contributed by atoms with Crippen LogP contribution in [-0.2, 0) is 12.8 Å². The summed E-state index contributed by atoms with van der Waals surface area (Å²) in [5, 5.41) is 4.58. The smallest absolute Gasteiger partial charge is 0.274 e. The summed E-state index contributed by atoms with van der Waals surface area (Å²) >= 11 is 0. The van der Waals surface area contributed by atoms with Gasteiger partial charge in [0, 0.05) is 29.9 Å². The van der Waals surface area contributed by atoms with Crippen LogP contribution in [0.5, 0.6) is 0 Å². The molecule has 2 N–H and O–H groups in total. The zero-order valence-electron chi connectivity index (χ0n) is 15.1. The maximum atomic E-state index is 14.3. The summed E-state index contributed by atoms with van der Waals surface area (Å²) in [5.41, 5.74) is 8.97. The number of amides is 1. The summed E-state index contributed by atoms with van der Waals surface area (Å²) in [6.07, 6.45) is 5.63. The molecule has 0 bridgehead atoms. The number of piperidine rings is 1. The van der Waals surface area contributed by atoms with Crippen LogP contribution in [0.25, 0.3) is 5.69 Å². The number of halogens is 1. The van der Waals surface area contributed by atoms with Gasteiger partial charge >= 0.3 is 0 Å². The summed E-state index contributed by atoms with van der Waals surface area (Å²) in [6, 6.07) is 6.57. The van der Waals surface area contributed by atoms with E-state index in [4.69, 9.17) is 5.73 Å². The molecule has 0 saturated carbocycles. The van der Waals surface area contributed by atoms with Crippen molar-refractivity contribution in [3.63, 3.8) is 0 Å². The van der Waals surface area contributed by atoms with Crippen LogP contribution in [0.4, 0.5) is 4.39 Å². The van der Waals surface area contributed by atoms with Gasteiger partial charge in [-0.2, -0.15) is 5.10 Å². The molecule has 5 nitrogen and oxygen atoms in total. The fourth-order valence-corrected chi connectivity index (χ4v) is 4.32. The number of rotatable bonds is 3. The highest BCUT2D eigenvalue weighted by Gasteiger charge is 2.35. The minimum atomic E-state index is -0.324. The molecule has 1 amide bonds. The second kappa shape index (κ2) is 6.83. The van der Waals surface area contributed by atoms with Gasteiger partial charge in [-0.05, 0) is 57.6 Å². The van der Waals surface area contributed by atoms with Crippen molar-refractivity contribution in [3.8, 4) is 5.69 Å². The fourth-order valence-electron chi connectivity index (χ4n) is 4.32. The monoisotopic (exact) mass is 356 g/mol. The predicted octanol–water partition coefficient (Wildman–Crippen LogP) is 2.84. The Morgan fingerprint density at radius 1 is 1.27 bits per heavy atom. The lowest BCUT2D eigenvalue weighted by atomic mass is 9.96. The van der Waals surface area contributed by atoms with Crippen LogP contribution in [0.3, 0.4) is 0 Å². The molecule has 1 aliphatic heterocycles. The molecule has 1 saturated heterocycles. The van der Waals surface area contributed by atoms with Crippen LogP contribution >= 0.6 is 0 Å². The number of benzene rings is 1. The van der Waals surface area contributed by atoms with Crippen LogP contribution in [0.2, 0.25) is 0 Å². The lowest BCUT2D eigenvalue weighted by molar-refractivity contribution is 0.0576. The number of para-hydroxylation sites is 1. The first-order valence-corrected chi connectivity index (χ1v) is 9.50. The first-order chi connectivity index (χ1) is 12.6. The second-order valence-electron chi connectivity index (χ2n) is 7.41. The molecule has 2 heterocycles. The molecule has 6 heteroatoms. The summed E-state index contributed by atoms with van der Waals surface area (Å²) in [6.45, 7) is 2.67. The average molecular weight is 356 g/mol. The van der Waals surface area contributed by atoms with Crippen molar-refractivity contribution in [3.05, 3.63) is 47.0 Å². The van der Waals surface area contributed by atoms with Crippen molar-refractivity contribution >= 4 is 5.91 Å². The van der Waals surface area contributed by atoms with Crippen LogP contribution in [0.1, 0.15) is 54.4 Å². The highest BCUT2D eigenvalue weighted by atomic mass is 19.1. The number of aromatic nitrogens is 2. The average Bonchev–Trinajstić information content (AvgIpc) is 3.24.